The molecule has 1 amide bonds. The van der Waals surface area contributed by atoms with E-state index >= 15 is 0 Å². The normalized spacial score (nSPS) is 24.6. The molecule has 7 heteroatoms. The number of carbonyl (C=O) groups is 1. The number of piperazine rings is 1. The van der Waals surface area contributed by atoms with Gasteiger partial charge in [-0.05, 0) is 12.8 Å². The topological polar surface area (TPSA) is 61.4 Å². The summed E-state index contributed by atoms with van der Waals surface area (Å²) in [7, 11) is 0. The zero-order valence-corrected chi connectivity index (χ0v) is 11.0. The van der Waals surface area contributed by atoms with E-state index in [1.54, 1.807) is 6.33 Å². The number of anilines is 1. The van der Waals surface area contributed by atoms with E-state index in [9.17, 15) is 4.79 Å². The van der Waals surface area contributed by atoms with Crippen LogP contribution in [0.4, 0.5) is 5.13 Å². The lowest BCUT2D eigenvalue weighted by Gasteiger charge is -2.32. The maximum absolute atomic E-state index is 12.5. The molecular weight excluding hydrogens is 250 g/mol. The van der Waals surface area contributed by atoms with Crippen molar-refractivity contribution in [3.8, 4) is 0 Å². The molecule has 1 N–H and O–H groups in total. The van der Waals surface area contributed by atoms with Gasteiger partial charge >= 0.3 is 0 Å². The fraction of sp³-hybridized carbons (Fsp3) is 0.727. The van der Waals surface area contributed by atoms with Crippen LogP contribution in [0.2, 0.25) is 0 Å². The van der Waals surface area contributed by atoms with Crippen molar-refractivity contribution in [2.75, 3.05) is 37.6 Å². The maximum atomic E-state index is 12.5. The van der Waals surface area contributed by atoms with Crippen LogP contribution in [0.25, 0.3) is 0 Å². The van der Waals surface area contributed by atoms with E-state index in [-0.39, 0.29) is 11.9 Å². The van der Waals surface area contributed by atoms with Gasteiger partial charge in [-0.25, -0.2) is 4.98 Å². The minimum Gasteiger partial charge on any atom is -0.338 e. The van der Waals surface area contributed by atoms with Gasteiger partial charge < -0.3 is 15.1 Å². The first-order valence-electron chi connectivity index (χ1n) is 6.39. The summed E-state index contributed by atoms with van der Waals surface area (Å²) in [6, 6.07) is -0.0314. The van der Waals surface area contributed by atoms with E-state index < -0.39 is 0 Å². The highest BCUT2D eigenvalue weighted by molar-refractivity contribution is 7.09. The third-order valence-electron chi connectivity index (χ3n) is 3.56. The van der Waals surface area contributed by atoms with Crippen molar-refractivity contribution in [2.24, 2.45) is 0 Å². The third kappa shape index (κ3) is 2.20. The average molecular weight is 267 g/mol. The van der Waals surface area contributed by atoms with Gasteiger partial charge in [-0.2, -0.15) is 4.37 Å². The lowest BCUT2D eigenvalue weighted by atomic mass is 10.2. The van der Waals surface area contributed by atoms with Crippen molar-refractivity contribution in [1.82, 2.24) is 19.6 Å². The Morgan fingerprint density at radius 1 is 1.39 bits per heavy atom. The number of nitrogens with zero attached hydrogens (tertiary/aromatic N) is 4. The largest absolute Gasteiger partial charge is 0.338 e. The van der Waals surface area contributed by atoms with Gasteiger partial charge in [-0.3, -0.25) is 4.79 Å². The molecule has 0 bridgehead atoms. The SMILES string of the molecule is O=C(C1CCCN1c1ncns1)N1CCNCC1. The van der Waals surface area contributed by atoms with Crippen LogP contribution in [-0.2, 0) is 4.79 Å². The fourth-order valence-corrected chi connectivity index (χ4v) is 3.25. The monoisotopic (exact) mass is 267 g/mol. The molecule has 1 aromatic rings. The van der Waals surface area contributed by atoms with E-state index in [0.717, 1.165) is 50.7 Å². The average Bonchev–Trinajstić information content (AvgIpc) is 3.09. The summed E-state index contributed by atoms with van der Waals surface area (Å²) in [6.45, 7) is 4.35. The van der Waals surface area contributed by atoms with Crippen LogP contribution in [0.5, 0.6) is 0 Å². The summed E-state index contributed by atoms with van der Waals surface area (Å²) in [4.78, 5) is 20.8. The first-order valence-corrected chi connectivity index (χ1v) is 7.16. The van der Waals surface area contributed by atoms with E-state index in [0.29, 0.717) is 0 Å². The molecule has 98 valence electrons. The number of hydrogen-bond donors (Lipinski definition) is 1. The molecule has 3 heterocycles. The molecular formula is C11H17N5OS. The van der Waals surface area contributed by atoms with Crippen LogP contribution in [0, 0.1) is 0 Å². The summed E-state index contributed by atoms with van der Waals surface area (Å²) < 4.78 is 4.03. The molecule has 18 heavy (non-hydrogen) atoms. The second-order valence-corrected chi connectivity index (χ2v) is 5.41. The molecule has 0 aromatic carbocycles. The Labute approximate surface area is 110 Å². The van der Waals surface area contributed by atoms with Crippen molar-refractivity contribution >= 4 is 22.6 Å². The summed E-state index contributed by atoms with van der Waals surface area (Å²) in [5.41, 5.74) is 0. The first-order chi connectivity index (χ1) is 8.86. The molecule has 2 aliphatic heterocycles. The van der Waals surface area contributed by atoms with Crippen molar-refractivity contribution in [1.29, 1.82) is 0 Å². The number of carbonyl (C=O) groups excluding carboxylic acids is 1. The lowest BCUT2D eigenvalue weighted by Crippen LogP contribution is -2.52. The Morgan fingerprint density at radius 2 is 2.22 bits per heavy atom. The number of aromatic nitrogens is 2. The highest BCUT2D eigenvalue weighted by Gasteiger charge is 2.35. The van der Waals surface area contributed by atoms with Crippen molar-refractivity contribution in [2.45, 2.75) is 18.9 Å². The van der Waals surface area contributed by atoms with E-state index in [2.05, 4.69) is 19.6 Å². The number of rotatable bonds is 2. The van der Waals surface area contributed by atoms with E-state index in [1.807, 2.05) is 4.90 Å². The Bertz CT molecular complexity index is 404. The quantitative estimate of drug-likeness (QED) is 0.813. The van der Waals surface area contributed by atoms with Gasteiger partial charge in [0, 0.05) is 44.3 Å². The zero-order chi connectivity index (χ0) is 12.4. The fourth-order valence-electron chi connectivity index (χ4n) is 2.64. The summed E-state index contributed by atoms with van der Waals surface area (Å²) in [5.74, 6) is 0.254. The van der Waals surface area contributed by atoms with E-state index in [1.165, 1.54) is 11.5 Å². The molecule has 0 spiro atoms. The van der Waals surface area contributed by atoms with Crippen molar-refractivity contribution < 1.29 is 4.79 Å². The minimum atomic E-state index is -0.0314. The highest BCUT2D eigenvalue weighted by Crippen LogP contribution is 2.27. The number of nitrogens with one attached hydrogen (secondary N) is 1. The van der Waals surface area contributed by atoms with Gasteiger partial charge in [0.1, 0.15) is 12.4 Å². The molecule has 1 aromatic heterocycles. The molecule has 2 aliphatic rings. The van der Waals surface area contributed by atoms with Crippen LogP contribution in [0.3, 0.4) is 0 Å². The van der Waals surface area contributed by atoms with Gasteiger partial charge in [0.25, 0.3) is 0 Å². The zero-order valence-electron chi connectivity index (χ0n) is 10.2. The van der Waals surface area contributed by atoms with E-state index in [4.69, 9.17) is 0 Å². The predicted molar refractivity (Wildman–Crippen MR) is 69.7 cm³/mol. The van der Waals surface area contributed by atoms with Crippen LogP contribution in [-0.4, -0.2) is 58.9 Å². The molecule has 1 unspecified atom stereocenters. The standard InChI is InChI=1S/C11H17N5OS/c17-10(15-6-3-12-4-7-15)9-2-1-5-16(9)11-13-8-14-18-11/h8-9,12H,1-7H2. The summed E-state index contributed by atoms with van der Waals surface area (Å²) >= 11 is 1.37. The van der Waals surface area contributed by atoms with Gasteiger partial charge in [0.2, 0.25) is 11.0 Å². The Balaban J connectivity index is 1.72. The van der Waals surface area contributed by atoms with Crippen LogP contribution in [0.1, 0.15) is 12.8 Å². The van der Waals surface area contributed by atoms with Crippen molar-refractivity contribution in [3.63, 3.8) is 0 Å². The molecule has 0 radical (unpaired) electrons. The molecule has 2 fully saturated rings. The molecule has 1 atom stereocenters. The van der Waals surface area contributed by atoms with Gasteiger partial charge in [-0.15, -0.1) is 0 Å². The summed E-state index contributed by atoms with van der Waals surface area (Å²) in [5, 5.41) is 4.15. The number of amides is 1. The van der Waals surface area contributed by atoms with Crippen molar-refractivity contribution in [3.05, 3.63) is 6.33 Å². The van der Waals surface area contributed by atoms with Gasteiger partial charge in [0.15, 0.2) is 0 Å². The van der Waals surface area contributed by atoms with Crippen LogP contribution < -0.4 is 10.2 Å². The molecule has 6 nitrogen and oxygen atoms in total. The highest BCUT2D eigenvalue weighted by atomic mass is 32.1. The molecule has 2 saturated heterocycles. The minimum absolute atomic E-state index is 0.0314. The first kappa shape index (κ1) is 11.9. The molecule has 3 rings (SSSR count). The van der Waals surface area contributed by atoms with Gasteiger partial charge in [0.05, 0.1) is 0 Å². The van der Waals surface area contributed by atoms with Crippen LogP contribution >= 0.6 is 11.5 Å². The Hall–Kier alpha value is -1.21. The van der Waals surface area contributed by atoms with Gasteiger partial charge in [-0.1, -0.05) is 0 Å². The predicted octanol–water partition coefficient (Wildman–Crippen LogP) is -0.0613. The lowest BCUT2D eigenvalue weighted by molar-refractivity contribution is -0.132. The molecule has 0 aliphatic carbocycles. The molecule has 0 saturated carbocycles. The Kier molecular flexibility index (Phi) is 3.42. The third-order valence-corrected chi connectivity index (χ3v) is 4.26. The second kappa shape index (κ2) is 5.19. The van der Waals surface area contributed by atoms with Crippen LogP contribution in [0.15, 0.2) is 6.33 Å². The maximum Gasteiger partial charge on any atom is 0.245 e. The smallest absolute Gasteiger partial charge is 0.245 e. The second-order valence-electron chi connectivity index (χ2n) is 4.65. The number of hydrogen-bond acceptors (Lipinski definition) is 6. The Morgan fingerprint density at radius 3 is 2.94 bits per heavy atom. The summed E-state index contributed by atoms with van der Waals surface area (Å²) in [6.07, 6.45) is 3.55.